The number of nitro groups is 1. The van der Waals surface area contributed by atoms with Gasteiger partial charge in [-0.2, -0.15) is 0 Å². The highest BCUT2D eigenvalue weighted by molar-refractivity contribution is 5.88. The van der Waals surface area contributed by atoms with E-state index in [1.807, 2.05) is 0 Å². The number of nitrogens with zero attached hydrogens (tertiary/aromatic N) is 3. The first-order chi connectivity index (χ1) is 9.81. The van der Waals surface area contributed by atoms with E-state index in [1.54, 1.807) is 25.5 Å². The van der Waals surface area contributed by atoms with Gasteiger partial charge in [0.25, 0.3) is 0 Å². The Morgan fingerprint density at radius 1 is 1.57 bits per heavy atom. The third-order valence-corrected chi connectivity index (χ3v) is 3.10. The zero-order chi connectivity index (χ0) is 15.7. The molecule has 0 aliphatic rings. The maximum absolute atomic E-state index is 10.9. The maximum Gasteiger partial charge on any atom is 0.406 e. The van der Waals surface area contributed by atoms with Gasteiger partial charge in [0, 0.05) is 14.0 Å². The maximum atomic E-state index is 10.9. The largest absolute Gasteiger partial charge is 0.478 e. The Morgan fingerprint density at radius 3 is 2.76 bits per heavy atom. The molecule has 9 heteroatoms. The quantitative estimate of drug-likeness (QED) is 0.637. The van der Waals surface area contributed by atoms with Crippen molar-refractivity contribution in [1.82, 2.24) is 9.55 Å². The smallest absolute Gasteiger partial charge is 0.406 e. The number of anilines is 1. The molecule has 0 aromatic carbocycles. The minimum absolute atomic E-state index is 0.0717. The van der Waals surface area contributed by atoms with Gasteiger partial charge in [-0.05, 0) is 22.9 Å². The normalized spacial score (nSPS) is 10.6. The van der Waals surface area contributed by atoms with Crippen LogP contribution in [0.4, 0.5) is 11.6 Å². The third-order valence-electron chi connectivity index (χ3n) is 3.10. The van der Waals surface area contributed by atoms with Crippen LogP contribution in [-0.4, -0.2) is 25.6 Å². The van der Waals surface area contributed by atoms with Crippen molar-refractivity contribution in [3.8, 4) is 0 Å². The number of aromatic carboxylic acids is 1. The Kier molecular flexibility index (Phi) is 3.66. The number of furan rings is 1. The monoisotopic (exact) mass is 294 g/mol. The van der Waals surface area contributed by atoms with E-state index >= 15 is 0 Å². The lowest BCUT2D eigenvalue weighted by Gasteiger charge is -2.04. The first-order valence-corrected chi connectivity index (χ1v) is 6.05. The van der Waals surface area contributed by atoms with Gasteiger partial charge in [-0.3, -0.25) is 4.57 Å². The molecule has 0 saturated heterocycles. The van der Waals surface area contributed by atoms with Crippen LogP contribution in [0.2, 0.25) is 0 Å². The van der Waals surface area contributed by atoms with Gasteiger partial charge in [-0.1, -0.05) is 0 Å². The predicted molar refractivity (Wildman–Crippen MR) is 72.3 cm³/mol. The molecule has 2 rings (SSSR count). The number of aromatic nitrogens is 2. The van der Waals surface area contributed by atoms with Crippen LogP contribution < -0.4 is 5.32 Å². The van der Waals surface area contributed by atoms with E-state index < -0.39 is 10.9 Å². The molecule has 0 aliphatic heterocycles. The van der Waals surface area contributed by atoms with Crippen molar-refractivity contribution >= 4 is 17.6 Å². The van der Waals surface area contributed by atoms with Gasteiger partial charge in [0.05, 0.1) is 6.54 Å². The summed E-state index contributed by atoms with van der Waals surface area (Å²) in [7, 11) is 1.65. The minimum Gasteiger partial charge on any atom is -0.478 e. The Bertz CT molecular complexity index is 716. The summed E-state index contributed by atoms with van der Waals surface area (Å²) in [6.45, 7) is 3.31. The lowest BCUT2D eigenvalue weighted by atomic mass is 10.2. The fourth-order valence-corrected chi connectivity index (χ4v) is 1.93. The molecule has 21 heavy (non-hydrogen) atoms. The second-order valence-electron chi connectivity index (χ2n) is 4.49. The fourth-order valence-electron chi connectivity index (χ4n) is 1.93. The number of nitrogens with one attached hydrogen (secondary N) is 1. The van der Waals surface area contributed by atoms with E-state index in [4.69, 9.17) is 9.52 Å². The summed E-state index contributed by atoms with van der Waals surface area (Å²) in [5, 5.41) is 22.7. The highest BCUT2D eigenvalue weighted by atomic mass is 16.6. The van der Waals surface area contributed by atoms with Crippen LogP contribution in [0.5, 0.6) is 0 Å². The van der Waals surface area contributed by atoms with Gasteiger partial charge in [0.15, 0.2) is 0 Å². The van der Waals surface area contributed by atoms with E-state index in [0.29, 0.717) is 11.6 Å². The molecule has 2 aromatic heterocycles. The molecule has 112 valence electrons. The van der Waals surface area contributed by atoms with Gasteiger partial charge in [0.1, 0.15) is 17.1 Å². The molecule has 0 saturated carbocycles. The van der Waals surface area contributed by atoms with Gasteiger partial charge in [-0.25, -0.2) is 4.79 Å². The van der Waals surface area contributed by atoms with Crippen molar-refractivity contribution in [3.63, 3.8) is 0 Å². The molecule has 2 heterocycles. The predicted octanol–water partition coefficient (Wildman–Crippen LogP) is 1.85. The van der Waals surface area contributed by atoms with E-state index in [1.165, 1.54) is 6.07 Å². The number of aryl methyl sites for hydroxylation is 2. The van der Waals surface area contributed by atoms with Crippen LogP contribution in [0.1, 0.15) is 27.7 Å². The lowest BCUT2D eigenvalue weighted by Crippen LogP contribution is -2.06. The van der Waals surface area contributed by atoms with Crippen LogP contribution in [-0.2, 0) is 13.6 Å². The average molecular weight is 294 g/mol. The van der Waals surface area contributed by atoms with Crippen LogP contribution in [0.3, 0.4) is 0 Å². The molecule has 0 fully saturated rings. The van der Waals surface area contributed by atoms with Crippen molar-refractivity contribution in [2.45, 2.75) is 20.4 Å². The molecule has 0 atom stereocenters. The van der Waals surface area contributed by atoms with Crippen molar-refractivity contribution in [1.29, 1.82) is 0 Å². The van der Waals surface area contributed by atoms with Gasteiger partial charge >= 0.3 is 11.8 Å². The summed E-state index contributed by atoms with van der Waals surface area (Å²) in [6, 6.07) is 1.39. The summed E-state index contributed by atoms with van der Waals surface area (Å²) >= 11 is 0. The van der Waals surface area contributed by atoms with Crippen LogP contribution >= 0.6 is 0 Å². The van der Waals surface area contributed by atoms with Gasteiger partial charge in [-0.15, -0.1) is 0 Å². The van der Waals surface area contributed by atoms with Gasteiger partial charge < -0.3 is 25.0 Å². The van der Waals surface area contributed by atoms with Crippen LogP contribution in [0.25, 0.3) is 0 Å². The van der Waals surface area contributed by atoms with Gasteiger partial charge in [0.2, 0.25) is 11.6 Å². The highest BCUT2D eigenvalue weighted by Gasteiger charge is 2.23. The number of carboxylic acid groups (broad SMARTS) is 1. The first kappa shape index (κ1) is 14.6. The SMILES string of the molecule is Cc1oc(CNc2c([N+](=O)[O-])nc(C)n2C)cc1C(=O)O. The van der Waals surface area contributed by atoms with E-state index in [9.17, 15) is 14.9 Å². The van der Waals surface area contributed by atoms with E-state index in [2.05, 4.69) is 10.3 Å². The van der Waals surface area contributed by atoms with Crippen molar-refractivity contribution in [2.75, 3.05) is 5.32 Å². The summed E-state index contributed by atoms with van der Waals surface area (Å²) in [5.74, 6) is 0.0316. The molecule has 2 N–H and O–H groups in total. The second kappa shape index (κ2) is 5.27. The number of imidazole rings is 1. The number of hydrogen-bond donors (Lipinski definition) is 2. The summed E-state index contributed by atoms with van der Waals surface area (Å²) < 4.78 is 6.85. The zero-order valence-corrected chi connectivity index (χ0v) is 11.7. The molecule has 0 spiro atoms. The van der Waals surface area contributed by atoms with Crippen LogP contribution in [0, 0.1) is 24.0 Å². The van der Waals surface area contributed by atoms with E-state index in [0.717, 1.165) is 0 Å². The lowest BCUT2D eigenvalue weighted by molar-refractivity contribution is -0.388. The van der Waals surface area contributed by atoms with E-state index in [-0.39, 0.29) is 29.5 Å². The second-order valence-corrected chi connectivity index (χ2v) is 4.49. The molecule has 0 unspecified atom stereocenters. The summed E-state index contributed by atoms with van der Waals surface area (Å²) in [5.41, 5.74) is 0.0717. The minimum atomic E-state index is -1.08. The molecule has 2 aromatic rings. The number of rotatable bonds is 5. The van der Waals surface area contributed by atoms with Crippen molar-refractivity contribution < 1.29 is 19.2 Å². The molecular formula is C12H14N4O5. The molecule has 0 radical (unpaired) electrons. The highest BCUT2D eigenvalue weighted by Crippen LogP contribution is 2.25. The Balaban J connectivity index is 2.22. The number of carbonyl (C=O) groups is 1. The summed E-state index contributed by atoms with van der Waals surface area (Å²) in [4.78, 5) is 25.1. The summed E-state index contributed by atoms with van der Waals surface area (Å²) in [6.07, 6.45) is 0. The van der Waals surface area contributed by atoms with Crippen LogP contribution in [0.15, 0.2) is 10.5 Å². The van der Waals surface area contributed by atoms with Crippen molar-refractivity contribution in [2.24, 2.45) is 7.05 Å². The fraction of sp³-hybridized carbons (Fsp3) is 0.333. The average Bonchev–Trinajstić information content (AvgIpc) is 2.90. The molecule has 0 amide bonds. The zero-order valence-electron chi connectivity index (χ0n) is 11.7. The van der Waals surface area contributed by atoms with Crippen molar-refractivity contribution in [3.05, 3.63) is 39.1 Å². The molecular weight excluding hydrogens is 280 g/mol. The molecule has 9 nitrogen and oxygen atoms in total. The number of hydrogen-bond acceptors (Lipinski definition) is 6. The molecule has 0 aliphatic carbocycles. The molecule has 0 bridgehead atoms. The Hall–Kier alpha value is -2.84. The first-order valence-electron chi connectivity index (χ1n) is 6.05. The Labute approximate surface area is 119 Å². The standard InChI is InChI=1S/C12H14N4O5/c1-6-9(12(17)18)4-8(21-6)5-13-10-11(16(19)20)14-7(2)15(10)3/h4,13H,5H2,1-3H3,(H,17,18). The Morgan fingerprint density at radius 2 is 2.24 bits per heavy atom. The third kappa shape index (κ3) is 2.71. The topological polar surface area (TPSA) is 123 Å². The number of carboxylic acids is 1.